The lowest BCUT2D eigenvalue weighted by molar-refractivity contribution is 0.0626. The Hall–Kier alpha value is -3.01. The van der Waals surface area contributed by atoms with Crippen LogP contribution in [0.25, 0.3) is 10.6 Å². The first-order chi connectivity index (χ1) is 16.0. The molecule has 8 nitrogen and oxygen atoms in total. The number of thiazole rings is 1. The van der Waals surface area contributed by atoms with Crippen LogP contribution in [0.1, 0.15) is 28.7 Å². The van der Waals surface area contributed by atoms with Gasteiger partial charge in [-0.3, -0.25) is 18.9 Å². The Morgan fingerprint density at radius 2 is 2.00 bits per heavy atom. The van der Waals surface area contributed by atoms with Crippen molar-refractivity contribution in [2.24, 2.45) is 0 Å². The molecule has 0 atom stereocenters. The van der Waals surface area contributed by atoms with E-state index in [1.807, 2.05) is 41.5 Å². The molecule has 1 saturated heterocycles. The summed E-state index contributed by atoms with van der Waals surface area (Å²) in [7, 11) is 0. The average Bonchev–Trinajstić information content (AvgIpc) is 3.46. The third kappa shape index (κ3) is 4.31. The van der Waals surface area contributed by atoms with Gasteiger partial charge in [0.1, 0.15) is 0 Å². The molecule has 0 bridgehead atoms. The average molecular weight is 483 g/mol. The topological polar surface area (TPSA) is 75.7 Å². The third-order valence-electron chi connectivity index (χ3n) is 5.89. The lowest BCUT2D eigenvalue weighted by Gasteiger charge is -2.34. The van der Waals surface area contributed by atoms with Crippen LogP contribution in [0.15, 0.2) is 52.9 Å². The van der Waals surface area contributed by atoms with Crippen molar-refractivity contribution in [3.05, 3.63) is 80.4 Å². The molecule has 1 fully saturated rings. The quantitative estimate of drug-likeness (QED) is 0.437. The predicted octanol–water partition coefficient (Wildman–Crippen LogP) is 3.12. The fourth-order valence-corrected chi connectivity index (χ4v) is 5.12. The number of aromatic nitrogens is 4. The molecule has 4 heterocycles. The minimum atomic E-state index is -0.0612. The van der Waals surface area contributed by atoms with E-state index in [1.54, 1.807) is 27.5 Å². The van der Waals surface area contributed by atoms with Gasteiger partial charge in [-0.15, -0.1) is 11.3 Å². The number of hydrogen-bond donors (Lipinski definition) is 0. The van der Waals surface area contributed by atoms with Crippen LogP contribution < -0.4 is 5.56 Å². The molecule has 4 aromatic rings. The highest BCUT2D eigenvalue weighted by Crippen LogP contribution is 2.21. The second-order valence-electron chi connectivity index (χ2n) is 7.96. The summed E-state index contributed by atoms with van der Waals surface area (Å²) in [5.74, 6) is -0.00356. The number of piperazine rings is 1. The monoisotopic (exact) mass is 482 g/mol. The summed E-state index contributed by atoms with van der Waals surface area (Å²) in [5, 5.41) is 6.96. The Labute approximate surface area is 199 Å². The van der Waals surface area contributed by atoms with E-state index in [0.717, 1.165) is 30.2 Å². The van der Waals surface area contributed by atoms with E-state index in [-0.39, 0.29) is 11.5 Å². The maximum atomic E-state index is 13.3. The first-order valence-corrected chi connectivity index (χ1v) is 12.1. The fraction of sp³-hybridized carbons (Fsp3) is 0.304. The number of fused-ring (bicyclic) bond motifs is 1. The van der Waals surface area contributed by atoms with Crippen LogP contribution in [-0.2, 0) is 13.0 Å². The van der Waals surface area contributed by atoms with Crippen LogP contribution >= 0.6 is 22.9 Å². The summed E-state index contributed by atoms with van der Waals surface area (Å²) in [5.41, 5.74) is 3.05. The standard InChI is InChI=1S/C23H23ClN6O2S/c1-2-20-19(14-25-30(20)18-5-3-4-16(24)12-18)22(32)28-8-6-27(7-9-28)15-17-13-21(31)29-10-11-33-23(29)26-17/h3-5,10-14H,2,6-9,15H2,1H3. The minimum absolute atomic E-state index is 0.00356. The molecule has 0 saturated carbocycles. The molecule has 1 aromatic carbocycles. The number of nitrogens with zero attached hydrogens (tertiary/aromatic N) is 6. The maximum Gasteiger partial charge on any atom is 0.258 e. The molecule has 10 heteroatoms. The van der Waals surface area contributed by atoms with Crippen molar-refractivity contribution >= 4 is 33.8 Å². The molecule has 1 aliphatic heterocycles. The van der Waals surface area contributed by atoms with Gasteiger partial charge in [0.2, 0.25) is 0 Å². The van der Waals surface area contributed by atoms with Crippen molar-refractivity contribution < 1.29 is 4.79 Å². The van der Waals surface area contributed by atoms with E-state index in [4.69, 9.17) is 11.6 Å². The largest absolute Gasteiger partial charge is 0.336 e. The second-order valence-corrected chi connectivity index (χ2v) is 9.27. The van der Waals surface area contributed by atoms with Crippen LogP contribution in [0.4, 0.5) is 0 Å². The fourth-order valence-electron chi connectivity index (χ4n) is 4.20. The highest BCUT2D eigenvalue weighted by atomic mass is 35.5. The molecule has 0 unspecified atom stereocenters. The second kappa shape index (κ2) is 9.09. The van der Waals surface area contributed by atoms with Gasteiger partial charge in [-0.2, -0.15) is 5.10 Å². The molecular weight excluding hydrogens is 460 g/mol. The number of benzene rings is 1. The summed E-state index contributed by atoms with van der Waals surface area (Å²) in [6.07, 6.45) is 4.07. The van der Waals surface area contributed by atoms with Gasteiger partial charge in [-0.1, -0.05) is 24.6 Å². The SMILES string of the molecule is CCc1c(C(=O)N2CCN(Cc3cc(=O)n4ccsc4n3)CC2)cnn1-c1cccc(Cl)c1. The number of carbonyl (C=O) groups is 1. The first kappa shape index (κ1) is 21.8. The number of hydrogen-bond acceptors (Lipinski definition) is 6. The first-order valence-electron chi connectivity index (χ1n) is 10.8. The Bertz CT molecular complexity index is 1370. The van der Waals surface area contributed by atoms with E-state index >= 15 is 0 Å². The van der Waals surface area contributed by atoms with Crippen LogP contribution in [-0.4, -0.2) is 61.1 Å². The van der Waals surface area contributed by atoms with Crippen LogP contribution in [0.2, 0.25) is 5.02 Å². The zero-order chi connectivity index (χ0) is 22.9. The summed E-state index contributed by atoms with van der Waals surface area (Å²) in [4.78, 5) is 34.9. The number of rotatable bonds is 5. The van der Waals surface area contributed by atoms with Crippen molar-refractivity contribution in [3.8, 4) is 5.69 Å². The van der Waals surface area contributed by atoms with Gasteiger partial charge in [0.05, 0.1) is 28.8 Å². The van der Waals surface area contributed by atoms with E-state index in [0.29, 0.717) is 41.6 Å². The lowest BCUT2D eigenvalue weighted by Crippen LogP contribution is -2.48. The molecule has 0 aliphatic carbocycles. The van der Waals surface area contributed by atoms with E-state index in [9.17, 15) is 9.59 Å². The molecule has 3 aromatic heterocycles. The number of halogens is 1. The lowest BCUT2D eigenvalue weighted by atomic mass is 10.1. The molecule has 170 valence electrons. The third-order valence-corrected chi connectivity index (χ3v) is 6.88. The Morgan fingerprint density at radius 3 is 2.76 bits per heavy atom. The van der Waals surface area contributed by atoms with Gasteiger partial charge in [-0.05, 0) is 24.6 Å². The molecular formula is C23H23ClN6O2S. The number of carbonyl (C=O) groups excluding carboxylic acids is 1. The minimum Gasteiger partial charge on any atom is -0.336 e. The zero-order valence-corrected chi connectivity index (χ0v) is 19.7. The van der Waals surface area contributed by atoms with E-state index in [1.165, 1.54) is 11.3 Å². The Kier molecular flexibility index (Phi) is 6.01. The van der Waals surface area contributed by atoms with Gasteiger partial charge in [0.25, 0.3) is 11.5 Å². The summed E-state index contributed by atoms with van der Waals surface area (Å²) >= 11 is 7.59. The summed E-state index contributed by atoms with van der Waals surface area (Å²) < 4.78 is 3.35. The normalized spacial score (nSPS) is 14.8. The van der Waals surface area contributed by atoms with Gasteiger partial charge in [0.15, 0.2) is 4.96 Å². The van der Waals surface area contributed by atoms with Crippen LogP contribution in [0, 0.1) is 0 Å². The van der Waals surface area contributed by atoms with Crippen molar-refractivity contribution in [1.29, 1.82) is 0 Å². The smallest absolute Gasteiger partial charge is 0.258 e. The van der Waals surface area contributed by atoms with Crippen LogP contribution in [0.3, 0.4) is 0 Å². The Balaban J connectivity index is 1.27. The number of amides is 1. The highest BCUT2D eigenvalue weighted by Gasteiger charge is 2.26. The Morgan fingerprint density at radius 1 is 1.18 bits per heavy atom. The summed E-state index contributed by atoms with van der Waals surface area (Å²) in [6.45, 7) is 5.29. The molecule has 1 aliphatic rings. The molecule has 33 heavy (non-hydrogen) atoms. The van der Waals surface area contributed by atoms with Gasteiger partial charge < -0.3 is 4.90 Å². The van der Waals surface area contributed by atoms with Gasteiger partial charge in [0, 0.05) is 55.4 Å². The summed E-state index contributed by atoms with van der Waals surface area (Å²) in [6, 6.07) is 9.05. The zero-order valence-electron chi connectivity index (χ0n) is 18.1. The van der Waals surface area contributed by atoms with Gasteiger partial charge >= 0.3 is 0 Å². The molecule has 0 radical (unpaired) electrons. The molecule has 0 spiro atoms. The van der Waals surface area contributed by atoms with Crippen molar-refractivity contribution in [2.45, 2.75) is 19.9 Å². The molecule has 5 rings (SSSR count). The van der Waals surface area contributed by atoms with Crippen molar-refractivity contribution in [3.63, 3.8) is 0 Å². The maximum absolute atomic E-state index is 13.3. The molecule has 0 N–H and O–H groups in total. The van der Waals surface area contributed by atoms with Crippen molar-refractivity contribution in [1.82, 2.24) is 29.0 Å². The van der Waals surface area contributed by atoms with Crippen molar-refractivity contribution in [2.75, 3.05) is 26.2 Å². The molecule has 1 amide bonds. The predicted molar refractivity (Wildman–Crippen MR) is 128 cm³/mol. The van der Waals surface area contributed by atoms with E-state index in [2.05, 4.69) is 15.0 Å². The van der Waals surface area contributed by atoms with Crippen LogP contribution in [0.5, 0.6) is 0 Å². The van der Waals surface area contributed by atoms with E-state index < -0.39 is 0 Å². The highest BCUT2D eigenvalue weighted by molar-refractivity contribution is 7.15. The van der Waals surface area contributed by atoms with Gasteiger partial charge in [-0.25, -0.2) is 9.67 Å².